The summed E-state index contributed by atoms with van der Waals surface area (Å²) in [6.07, 6.45) is 10.3. The van der Waals surface area contributed by atoms with Gasteiger partial charge in [0.1, 0.15) is 0 Å². The highest BCUT2D eigenvalue weighted by atomic mass is 16.2. The largest absolute Gasteiger partial charge is 0.337 e. The first-order valence-electron chi connectivity index (χ1n) is 8.74. The second kappa shape index (κ2) is 8.93. The Morgan fingerprint density at radius 1 is 1.18 bits per heavy atom. The minimum atomic E-state index is 0.243. The van der Waals surface area contributed by atoms with Crippen LogP contribution < -0.4 is 0 Å². The second-order valence-electron chi connectivity index (χ2n) is 6.16. The Morgan fingerprint density at radius 3 is 2.45 bits per heavy atom. The molecule has 1 aliphatic heterocycles. The van der Waals surface area contributed by atoms with Gasteiger partial charge in [0.05, 0.1) is 12.7 Å². The van der Waals surface area contributed by atoms with E-state index in [1.165, 1.54) is 32.1 Å². The topological polar surface area (TPSA) is 41.4 Å². The van der Waals surface area contributed by atoms with E-state index in [1.807, 2.05) is 22.0 Å². The molecule has 1 aromatic rings. The lowest BCUT2D eigenvalue weighted by Crippen LogP contribution is -2.41. The number of nitrogens with zero attached hydrogens (tertiary/aromatic N) is 4. The predicted molar refractivity (Wildman–Crippen MR) is 88.5 cm³/mol. The van der Waals surface area contributed by atoms with E-state index in [0.717, 1.165) is 31.7 Å². The van der Waals surface area contributed by atoms with Crippen molar-refractivity contribution in [2.24, 2.45) is 0 Å². The van der Waals surface area contributed by atoms with E-state index in [4.69, 9.17) is 0 Å². The molecule has 1 amide bonds. The molecule has 5 nitrogen and oxygen atoms in total. The van der Waals surface area contributed by atoms with E-state index >= 15 is 0 Å². The molecule has 1 aliphatic rings. The van der Waals surface area contributed by atoms with Crippen molar-refractivity contribution < 1.29 is 4.79 Å². The van der Waals surface area contributed by atoms with Gasteiger partial charge in [-0.25, -0.2) is 0 Å². The van der Waals surface area contributed by atoms with Crippen molar-refractivity contribution in [3.05, 3.63) is 18.0 Å². The standard InChI is InChI=1S/C17H30N4O/c1-3-20(13-16-12-18-21(4-2)14-16)17(22)15-19-10-8-6-5-7-9-11-19/h12,14H,3-11,13,15H2,1-2H3. The van der Waals surface area contributed by atoms with E-state index < -0.39 is 0 Å². The maximum absolute atomic E-state index is 12.6. The average molecular weight is 306 g/mol. The Kier molecular flexibility index (Phi) is 6.90. The first-order chi connectivity index (χ1) is 10.7. The van der Waals surface area contributed by atoms with Gasteiger partial charge in [-0.3, -0.25) is 14.4 Å². The molecule has 0 aromatic carbocycles. The summed E-state index contributed by atoms with van der Waals surface area (Å²) in [5.41, 5.74) is 1.12. The fraction of sp³-hybridized carbons (Fsp3) is 0.765. The van der Waals surface area contributed by atoms with Crippen LogP contribution in [0.5, 0.6) is 0 Å². The number of aromatic nitrogens is 2. The number of hydrogen-bond acceptors (Lipinski definition) is 3. The zero-order valence-electron chi connectivity index (χ0n) is 14.1. The van der Waals surface area contributed by atoms with Crippen LogP contribution in [0.2, 0.25) is 0 Å². The van der Waals surface area contributed by atoms with Gasteiger partial charge in [0, 0.05) is 31.4 Å². The number of rotatable bonds is 6. The smallest absolute Gasteiger partial charge is 0.237 e. The molecule has 0 N–H and O–H groups in total. The highest BCUT2D eigenvalue weighted by Crippen LogP contribution is 2.11. The van der Waals surface area contributed by atoms with Crippen molar-refractivity contribution in [1.29, 1.82) is 0 Å². The van der Waals surface area contributed by atoms with Gasteiger partial charge in [0.15, 0.2) is 0 Å². The van der Waals surface area contributed by atoms with Crippen molar-refractivity contribution in [3.63, 3.8) is 0 Å². The second-order valence-corrected chi connectivity index (χ2v) is 6.16. The molecule has 0 aliphatic carbocycles. The Labute approximate surface area is 134 Å². The number of carbonyl (C=O) groups is 1. The van der Waals surface area contributed by atoms with Crippen LogP contribution in [0, 0.1) is 0 Å². The predicted octanol–water partition coefficient (Wildman–Crippen LogP) is 2.52. The van der Waals surface area contributed by atoms with E-state index in [0.29, 0.717) is 13.1 Å². The minimum absolute atomic E-state index is 0.243. The van der Waals surface area contributed by atoms with Gasteiger partial charge in [-0.15, -0.1) is 0 Å². The molecule has 0 radical (unpaired) electrons. The molecule has 0 atom stereocenters. The molecule has 0 spiro atoms. The molecule has 0 bridgehead atoms. The molecule has 0 saturated carbocycles. The summed E-state index contributed by atoms with van der Waals surface area (Å²) in [6, 6.07) is 0. The molecule has 1 saturated heterocycles. The van der Waals surface area contributed by atoms with Crippen LogP contribution in [-0.2, 0) is 17.9 Å². The molecule has 2 rings (SSSR count). The average Bonchev–Trinajstić information content (AvgIpc) is 2.95. The van der Waals surface area contributed by atoms with Gasteiger partial charge in [-0.2, -0.15) is 5.10 Å². The van der Waals surface area contributed by atoms with E-state index in [2.05, 4.69) is 23.8 Å². The summed E-state index contributed by atoms with van der Waals surface area (Å²) in [6.45, 7) is 9.11. The first-order valence-corrected chi connectivity index (χ1v) is 8.74. The number of amides is 1. The minimum Gasteiger partial charge on any atom is -0.337 e. The lowest BCUT2D eigenvalue weighted by molar-refractivity contribution is -0.132. The quantitative estimate of drug-likeness (QED) is 0.811. The van der Waals surface area contributed by atoms with Gasteiger partial charge >= 0.3 is 0 Å². The zero-order chi connectivity index (χ0) is 15.8. The van der Waals surface area contributed by atoms with E-state index in [9.17, 15) is 4.79 Å². The maximum atomic E-state index is 12.6. The van der Waals surface area contributed by atoms with Gasteiger partial charge in [-0.05, 0) is 39.8 Å². The summed E-state index contributed by atoms with van der Waals surface area (Å²) in [5.74, 6) is 0.243. The molecule has 124 valence electrons. The van der Waals surface area contributed by atoms with Crippen LogP contribution in [0.15, 0.2) is 12.4 Å². The van der Waals surface area contributed by atoms with Gasteiger partial charge in [-0.1, -0.05) is 19.3 Å². The molecule has 5 heteroatoms. The molecular formula is C17H30N4O. The summed E-state index contributed by atoms with van der Waals surface area (Å²) in [5, 5.41) is 4.29. The Bertz CT molecular complexity index is 449. The molecule has 22 heavy (non-hydrogen) atoms. The van der Waals surface area contributed by atoms with Crippen LogP contribution in [0.4, 0.5) is 0 Å². The first kappa shape index (κ1) is 17.0. The normalized spacial score (nSPS) is 17.0. The van der Waals surface area contributed by atoms with Crippen molar-refractivity contribution >= 4 is 5.91 Å². The van der Waals surface area contributed by atoms with Crippen LogP contribution in [0.25, 0.3) is 0 Å². The van der Waals surface area contributed by atoms with Gasteiger partial charge in [0.2, 0.25) is 5.91 Å². The molecule has 1 aromatic heterocycles. The molecule has 1 fully saturated rings. The maximum Gasteiger partial charge on any atom is 0.237 e. The number of likely N-dealkylation sites (tertiary alicyclic amines) is 1. The van der Waals surface area contributed by atoms with Crippen molar-refractivity contribution in [2.75, 3.05) is 26.2 Å². The summed E-state index contributed by atoms with van der Waals surface area (Å²) in [7, 11) is 0. The summed E-state index contributed by atoms with van der Waals surface area (Å²) < 4.78 is 1.91. The number of aryl methyl sites for hydroxylation is 1. The van der Waals surface area contributed by atoms with Crippen molar-refractivity contribution in [1.82, 2.24) is 19.6 Å². The summed E-state index contributed by atoms with van der Waals surface area (Å²) in [4.78, 5) is 16.9. The SMILES string of the molecule is CCN(Cc1cnn(CC)c1)C(=O)CN1CCCCCCC1. The van der Waals surface area contributed by atoms with E-state index in [1.54, 1.807) is 0 Å². The fourth-order valence-corrected chi connectivity index (χ4v) is 3.02. The Balaban J connectivity index is 1.87. The van der Waals surface area contributed by atoms with Crippen LogP contribution in [0.3, 0.4) is 0 Å². The molecular weight excluding hydrogens is 276 g/mol. The van der Waals surface area contributed by atoms with Gasteiger partial charge < -0.3 is 4.90 Å². The Hall–Kier alpha value is -1.36. The number of carbonyl (C=O) groups excluding carboxylic acids is 1. The third-order valence-corrected chi connectivity index (χ3v) is 4.43. The van der Waals surface area contributed by atoms with Crippen LogP contribution >= 0.6 is 0 Å². The molecule has 0 unspecified atom stereocenters. The van der Waals surface area contributed by atoms with Gasteiger partial charge in [0.25, 0.3) is 0 Å². The lowest BCUT2D eigenvalue weighted by atomic mass is 10.1. The van der Waals surface area contributed by atoms with Crippen LogP contribution in [0.1, 0.15) is 51.5 Å². The van der Waals surface area contributed by atoms with Crippen molar-refractivity contribution in [2.45, 2.75) is 59.0 Å². The number of likely N-dealkylation sites (N-methyl/N-ethyl adjacent to an activating group) is 1. The van der Waals surface area contributed by atoms with E-state index in [-0.39, 0.29) is 5.91 Å². The Morgan fingerprint density at radius 2 is 1.86 bits per heavy atom. The zero-order valence-corrected chi connectivity index (χ0v) is 14.1. The fourth-order valence-electron chi connectivity index (χ4n) is 3.02. The summed E-state index contributed by atoms with van der Waals surface area (Å²) >= 11 is 0. The number of hydrogen-bond donors (Lipinski definition) is 0. The molecule has 2 heterocycles. The monoisotopic (exact) mass is 306 g/mol. The van der Waals surface area contributed by atoms with Crippen LogP contribution in [-0.4, -0.2) is 51.7 Å². The van der Waals surface area contributed by atoms with Crippen molar-refractivity contribution in [3.8, 4) is 0 Å². The third kappa shape index (κ3) is 5.13. The highest BCUT2D eigenvalue weighted by molar-refractivity contribution is 5.78. The lowest BCUT2D eigenvalue weighted by Gasteiger charge is -2.27. The highest BCUT2D eigenvalue weighted by Gasteiger charge is 2.17. The third-order valence-electron chi connectivity index (χ3n) is 4.43.